The van der Waals surface area contributed by atoms with Gasteiger partial charge in [-0.3, -0.25) is 0 Å². The van der Waals surface area contributed by atoms with Crippen LogP contribution in [0.15, 0.2) is 0 Å². The van der Waals surface area contributed by atoms with Crippen molar-refractivity contribution in [2.75, 3.05) is 59.8 Å². The van der Waals surface area contributed by atoms with Crippen molar-refractivity contribution in [2.45, 2.75) is 12.5 Å². The molecule has 5 nitrogen and oxygen atoms in total. The summed E-state index contributed by atoms with van der Waals surface area (Å²) in [7, 11) is 1.66. The Bertz CT molecular complexity index is 151. The van der Waals surface area contributed by atoms with Gasteiger partial charge in [0.25, 0.3) is 0 Å². The maximum absolute atomic E-state index is 5.60. The van der Waals surface area contributed by atoms with Crippen LogP contribution in [0.3, 0.4) is 0 Å². The van der Waals surface area contributed by atoms with E-state index in [1.165, 1.54) is 0 Å². The highest BCUT2D eigenvalue weighted by atomic mass is 16.6. The number of methoxy groups -OCH3 is 1. The van der Waals surface area contributed by atoms with Crippen LogP contribution in [0.5, 0.6) is 0 Å². The predicted molar refractivity (Wildman–Crippen MR) is 60.7 cm³/mol. The molecule has 1 fully saturated rings. The Kier molecular flexibility index (Phi) is 8.65. The lowest BCUT2D eigenvalue weighted by molar-refractivity contribution is -0.0115. The normalized spacial score (nSPS) is 20.4. The molecule has 0 saturated carbocycles. The van der Waals surface area contributed by atoms with E-state index in [2.05, 4.69) is 5.32 Å². The van der Waals surface area contributed by atoms with Crippen molar-refractivity contribution in [1.29, 1.82) is 0 Å². The Labute approximate surface area is 97.4 Å². The highest BCUT2D eigenvalue weighted by Crippen LogP contribution is 2.01. The van der Waals surface area contributed by atoms with Crippen LogP contribution in [0.1, 0.15) is 6.42 Å². The molecule has 0 aliphatic carbocycles. The lowest BCUT2D eigenvalue weighted by Crippen LogP contribution is -2.19. The smallest absolute Gasteiger partial charge is 0.0712 e. The second-order valence-electron chi connectivity index (χ2n) is 3.70. The van der Waals surface area contributed by atoms with E-state index in [0.29, 0.717) is 45.7 Å². The number of hydrogen-bond acceptors (Lipinski definition) is 5. The topological polar surface area (TPSA) is 49.0 Å². The van der Waals surface area contributed by atoms with Crippen LogP contribution in [0, 0.1) is 0 Å². The summed E-state index contributed by atoms with van der Waals surface area (Å²) in [6.45, 7) is 5.86. The third kappa shape index (κ3) is 7.14. The zero-order valence-corrected chi connectivity index (χ0v) is 10.1. The molecule has 1 aliphatic rings. The number of nitrogens with one attached hydrogen (secondary N) is 1. The molecule has 0 radical (unpaired) electrons. The van der Waals surface area contributed by atoms with E-state index in [0.717, 1.165) is 19.5 Å². The highest BCUT2D eigenvalue weighted by molar-refractivity contribution is 4.70. The molecule has 16 heavy (non-hydrogen) atoms. The second-order valence-corrected chi connectivity index (χ2v) is 3.70. The van der Waals surface area contributed by atoms with E-state index >= 15 is 0 Å². The van der Waals surface area contributed by atoms with Crippen LogP contribution in [0.2, 0.25) is 0 Å². The van der Waals surface area contributed by atoms with Crippen LogP contribution in [0.4, 0.5) is 0 Å². The van der Waals surface area contributed by atoms with E-state index < -0.39 is 0 Å². The van der Waals surface area contributed by atoms with Gasteiger partial charge in [-0.2, -0.15) is 0 Å². The molecule has 0 bridgehead atoms. The van der Waals surface area contributed by atoms with Gasteiger partial charge in [0.05, 0.1) is 45.7 Å². The van der Waals surface area contributed by atoms with Crippen molar-refractivity contribution in [2.24, 2.45) is 0 Å². The second kappa shape index (κ2) is 9.99. The Hall–Kier alpha value is -0.200. The molecule has 0 spiro atoms. The van der Waals surface area contributed by atoms with E-state index in [-0.39, 0.29) is 0 Å². The van der Waals surface area contributed by atoms with Crippen molar-refractivity contribution in [1.82, 2.24) is 5.32 Å². The summed E-state index contributed by atoms with van der Waals surface area (Å²) in [5.74, 6) is 0. The van der Waals surface area contributed by atoms with E-state index in [4.69, 9.17) is 18.9 Å². The first-order valence-electron chi connectivity index (χ1n) is 5.90. The zero-order valence-electron chi connectivity index (χ0n) is 10.1. The van der Waals surface area contributed by atoms with Crippen molar-refractivity contribution in [3.63, 3.8) is 0 Å². The molecule has 5 heteroatoms. The molecule has 0 aromatic rings. The summed E-state index contributed by atoms with van der Waals surface area (Å²) in [4.78, 5) is 0. The van der Waals surface area contributed by atoms with Crippen molar-refractivity contribution < 1.29 is 18.9 Å². The van der Waals surface area contributed by atoms with Crippen molar-refractivity contribution in [3.8, 4) is 0 Å². The molecule has 1 aliphatic heterocycles. The molecular formula is C11H23NO4. The van der Waals surface area contributed by atoms with Gasteiger partial charge in [-0.1, -0.05) is 0 Å². The first-order valence-corrected chi connectivity index (χ1v) is 5.90. The molecule has 0 unspecified atom stereocenters. The Morgan fingerprint density at radius 2 is 1.69 bits per heavy atom. The van der Waals surface area contributed by atoms with Gasteiger partial charge in [0.1, 0.15) is 0 Å². The summed E-state index contributed by atoms with van der Waals surface area (Å²) in [6, 6.07) is 0. The Balaban J connectivity index is 1.71. The molecule has 1 rings (SSSR count). The summed E-state index contributed by atoms with van der Waals surface area (Å²) in [5, 5.41) is 3.26. The van der Waals surface area contributed by atoms with Crippen LogP contribution in [-0.4, -0.2) is 65.9 Å². The molecule has 1 atom stereocenters. The summed E-state index contributed by atoms with van der Waals surface area (Å²) < 4.78 is 21.1. The predicted octanol–water partition coefficient (Wildman–Crippen LogP) is 0.0445. The van der Waals surface area contributed by atoms with E-state index in [1.807, 2.05) is 0 Å². The summed E-state index contributed by atoms with van der Waals surface area (Å²) >= 11 is 0. The first-order chi connectivity index (χ1) is 7.93. The quantitative estimate of drug-likeness (QED) is 0.540. The third-order valence-corrected chi connectivity index (χ3v) is 2.40. The van der Waals surface area contributed by atoms with Crippen LogP contribution < -0.4 is 5.32 Å². The lowest BCUT2D eigenvalue weighted by Gasteiger charge is -2.10. The van der Waals surface area contributed by atoms with Crippen LogP contribution in [-0.2, 0) is 18.9 Å². The maximum atomic E-state index is 5.60. The van der Waals surface area contributed by atoms with Gasteiger partial charge < -0.3 is 24.3 Å². The van der Waals surface area contributed by atoms with Gasteiger partial charge in [0.2, 0.25) is 0 Å². The average molecular weight is 233 g/mol. The van der Waals surface area contributed by atoms with Crippen LogP contribution >= 0.6 is 0 Å². The van der Waals surface area contributed by atoms with Gasteiger partial charge in [0.15, 0.2) is 0 Å². The van der Waals surface area contributed by atoms with Gasteiger partial charge >= 0.3 is 0 Å². The molecule has 1 saturated heterocycles. The molecule has 1 heterocycles. The van der Waals surface area contributed by atoms with Gasteiger partial charge in [-0.15, -0.1) is 0 Å². The molecule has 0 aromatic carbocycles. The minimum atomic E-state index is 0.376. The first kappa shape index (κ1) is 13.9. The van der Waals surface area contributed by atoms with Gasteiger partial charge in [0, 0.05) is 13.7 Å². The zero-order chi connectivity index (χ0) is 11.5. The largest absolute Gasteiger partial charge is 0.382 e. The molecule has 0 aromatic heterocycles. The Morgan fingerprint density at radius 1 is 1.00 bits per heavy atom. The third-order valence-electron chi connectivity index (χ3n) is 2.40. The monoisotopic (exact) mass is 233 g/mol. The Morgan fingerprint density at radius 3 is 2.31 bits per heavy atom. The number of rotatable bonds is 10. The van der Waals surface area contributed by atoms with Gasteiger partial charge in [-0.05, 0) is 13.0 Å². The fraction of sp³-hybridized carbons (Fsp3) is 1.00. The minimum absolute atomic E-state index is 0.376. The van der Waals surface area contributed by atoms with Gasteiger partial charge in [-0.25, -0.2) is 0 Å². The SMILES string of the molecule is COCCOCCOCCO[C@@H]1CCNC1. The van der Waals surface area contributed by atoms with E-state index in [1.54, 1.807) is 7.11 Å². The molecule has 96 valence electrons. The maximum Gasteiger partial charge on any atom is 0.0712 e. The van der Waals surface area contributed by atoms with E-state index in [9.17, 15) is 0 Å². The van der Waals surface area contributed by atoms with Crippen molar-refractivity contribution in [3.05, 3.63) is 0 Å². The number of hydrogen-bond donors (Lipinski definition) is 1. The molecule has 0 amide bonds. The fourth-order valence-corrected chi connectivity index (χ4v) is 1.51. The lowest BCUT2D eigenvalue weighted by atomic mass is 10.3. The molecule has 1 N–H and O–H groups in total. The average Bonchev–Trinajstić information content (AvgIpc) is 2.80. The van der Waals surface area contributed by atoms with Crippen molar-refractivity contribution >= 4 is 0 Å². The number of ether oxygens (including phenoxy) is 4. The highest BCUT2D eigenvalue weighted by Gasteiger charge is 2.13. The van der Waals surface area contributed by atoms with Crippen LogP contribution in [0.25, 0.3) is 0 Å². The minimum Gasteiger partial charge on any atom is -0.382 e. The molecular weight excluding hydrogens is 210 g/mol. The summed E-state index contributed by atoms with van der Waals surface area (Å²) in [6.07, 6.45) is 1.49. The summed E-state index contributed by atoms with van der Waals surface area (Å²) in [5.41, 5.74) is 0. The fourth-order valence-electron chi connectivity index (χ4n) is 1.51. The standard InChI is InChI=1S/C11H23NO4/c1-13-4-5-14-6-7-15-8-9-16-11-2-3-12-10-11/h11-12H,2-10H2,1H3/t11-/m1/s1.